The van der Waals surface area contributed by atoms with Crippen molar-refractivity contribution in [2.75, 3.05) is 6.61 Å². The third-order valence-corrected chi connectivity index (χ3v) is 4.16. The summed E-state index contributed by atoms with van der Waals surface area (Å²) in [5, 5.41) is 0.602. The van der Waals surface area contributed by atoms with E-state index >= 15 is 0 Å². The second-order valence-electron chi connectivity index (χ2n) is 5.28. The molecule has 0 saturated heterocycles. The minimum Gasteiger partial charge on any atom is -0.492 e. The van der Waals surface area contributed by atoms with Crippen molar-refractivity contribution in [2.24, 2.45) is 0 Å². The van der Waals surface area contributed by atoms with Crippen LogP contribution >= 0.6 is 11.6 Å². The molecule has 1 heterocycles. The summed E-state index contributed by atoms with van der Waals surface area (Å²) in [6.07, 6.45) is 1.57. The highest BCUT2D eigenvalue weighted by Gasteiger charge is 2.27. The van der Waals surface area contributed by atoms with Crippen molar-refractivity contribution in [3.05, 3.63) is 64.2 Å². The van der Waals surface area contributed by atoms with Gasteiger partial charge in [-0.3, -0.25) is 4.79 Å². The fourth-order valence-electron chi connectivity index (χ4n) is 2.90. The molecule has 3 rings (SSSR count). The number of rotatable bonds is 4. The SMILES string of the molecule is CCC(C(=O)c1cc(Cl)cc2c1OCC2)c1ccccc1. The normalized spacial score (nSPS) is 14.4. The van der Waals surface area contributed by atoms with Gasteiger partial charge in [-0.05, 0) is 29.7 Å². The zero-order valence-electron chi connectivity index (χ0n) is 11.9. The molecule has 1 unspecified atom stereocenters. The van der Waals surface area contributed by atoms with Crippen molar-refractivity contribution in [1.82, 2.24) is 0 Å². The van der Waals surface area contributed by atoms with E-state index in [-0.39, 0.29) is 11.7 Å². The largest absolute Gasteiger partial charge is 0.492 e. The highest BCUT2D eigenvalue weighted by molar-refractivity contribution is 6.31. The lowest BCUT2D eigenvalue weighted by Gasteiger charge is -2.16. The van der Waals surface area contributed by atoms with Gasteiger partial charge >= 0.3 is 0 Å². The molecule has 2 nitrogen and oxygen atoms in total. The quantitative estimate of drug-likeness (QED) is 0.768. The Hall–Kier alpha value is -1.80. The molecule has 0 aliphatic carbocycles. The molecule has 1 atom stereocenters. The fraction of sp³-hybridized carbons (Fsp3) is 0.278. The Morgan fingerprint density at radius 3 is 2.76 bits per heavy atom. The van der Waals surface area contributed by atoms with Gasteiger partial charge in [-0.15, -0.1) is 0 Å². The number of halogens is 1. The van der Waals surface area contributed by atoms with Crippen LogP contribution in [0.3, 0.4) is 0 Å². The molecule has 0 aromatic heterocycles. The van der Waals surface area contributed by atoms with Gasteiger partial charge in [0.15, 0.2) is 5.78 Å². The minimum atomic E-state index is -0.155. The fourth-order valence-corrected chi connectivity index (χ4v) is 3.14. The Morgan fingerprint density at radius 2 is 2.05 bits per heavy atom. The van der Waals surface area contributed by atoms with Crippen LogP contribution in [0.2, 0.25) is 5.02 Å². The Labute approximate surface area is 129 Å². The number of hydrogen-bond donors (Lipinski definition) is 0. The topological polar surface area (TPSA) is 26.3 Å². The number of benzene rings is 2. The van der Waals surface area contributed by atoms with Gasteiger partial charge < -0.3 is 4.74 Å². The first-order chi connectivity index (χ1) is 10.2. The Morgan fingerprint density at radius 1 is 1.29 bits per heavy atom. The monoisotopic (exact) mass is 300 g/mol. The van der Waals surface area contributed by atoms with Crippen LogP contribution in [0.5, 0.6) is 5.75 Å². The van der Waals surface area contributed by atoms with Gasteiger partial charge in [0.2, 0.25) is 0 Å². The predicted molar refractivity (Wildman–Crippen MR) is 84.5 cm³/mol. The van der Waals surface area contributed by atoms with Gasteiger partial charge in [0.1, 0.15) is 5.75 Å². The molecule has 2 aromatic carbocycles. The van der Waals surface area contributed by atoms with Crippen molar-refractivity contribution < 1.29 is 9.53 Å². The number of ether oxygens (including phenoxy) is 1. The van der Waals surface area contributed by atoms with Crippen LogP contribution in [0.25, 0.3) is 0 Å². The highest BCUT2D eigenvalue weighted by atomic mass is 35.5. The van der Waals surface area contributed by atoms with Gasteiger partial charge in [0.25, 0.3) is 0 Å². The number of Topliss-reactive ketones (excluding diaryl/α,β-unsaturated/α-hetero) is 1. The molecular weight excluding hydrogens is 284 g/mol. The number of carbonyl (C=O) groups excluding carboxylic acids is 1. The van der Waals surface area contributed by atoms with E-state index in [4.69, 9.17) is 16.3 Å². The van der Waals surface area contributed by atoms with Crippen LogP contribution in [-0.4, -0.2) is 12.4 Å². The van der Waals surface area contributed by atoms with E-state index < -0.39 is 0 Å². The molecule has 0 spiro atoms. The maximum Gasteiger partial charge on any atom is 0.174 e. The Bertz CT molecular complexity index is 664. The summed E-state index contributed by atoms with van der Waals surface area (Å²) < 4.78 is 5.66. The third-order valence-electron chi connectivity index (χ3n) is 3.94. The summed E-state index contributed by atoms with van der Waals surface area (Å²) in [7, 11) is 0. The van der Waals surface area contributed by atoms with Gasteiger partial charge in [0.05, 0.1) is 12.2 Å². The van der Waals surface area contributed by atoms with Crippen molar-refractivity contribution in [1.29, 1.82) is 0 Å². The van der Waals surface area contributed by atoms with Gasteiger partial charge in [-0.25, -0.2) is 0 Å². The minimum absolute atomic E-state index is 0.0874. The Balaban J connectivity index is 2.02. The second-order valence-corrected chi connectivity index (χ2v) is 5.71. The van der Waals surface area contributed by atoms with Gasteiger partial charge in [0, 0.05) is 17.4 Å². The number of hydrogen-bond acceptors (Lipinski definition) is 2. The molecule has 3 heteroatoms. The number of carbonyl (C=O) groups is 1. The molecule has 108 valence electrons. The standard InChI is InChI=1S/C18H17ClO2/c1-2-15(12-6-4-3-5-7-12)17(20)16-11-14(19)10-13-8-9-21-18(13)16/h3-7,10-11,15H,2,8-9H2,1H3. The van der Waals surface area contributed by atoms with Crippen molar-refractivity contribution >= 4 is 17.4 Å². The van der Waals surface area contributed by atoms with E-state index in [9.17, 15) is 4.79 Å². The lowest BCUT2D eigenvalue weighted by molar-refractivity contribution is 0.0954. The maximum absolute atomic E-state index is 12.9. The molecule has 0 bridgehead atoms. The molecule has 0 amide bonds. The van der Waals surface area contributed by atoms with E-state index in [2.05, 4.69) is 0 Å². The van der Waals surface area contributed by atoms with Crippen LogP contribution in [0, 0.1) is 0 Å². The summed E-state index contributed by atoms with van der Waals surface area (Å²) in [6.45, 7) is 2.65. The summed E-state index contributed by atoms with van der Waals surface area (Å²) in [5.74, 6) is 0.654. The molecule has 2 aromatic rings. The molecule has 0 radical (unpaired) electrons. The van der Waals surface area contributed by atoms with Crippen molar-refractivity contribution in [3.63, 3.8) is 0 Å². The van der Waals surface area contributed by atoms with Crippen molar-refractivity contribution in [3.8, 4) is 5.75 Å². The van der Waals surface area contributed by atoms with E-state index in [1.54, 1.807) is 6.07 Å². The summed E-state index contributed by atoms with van der Waals surface area (Å²) in [6, 6.07) is 13.5. The van der Waals surface area contributed by atoms with Gasteiger partial charge in [-0.1, -0.05) is 48.9 Å². The average Bonchev–Trinajstić information content (AvgIpc) is 2.96. The maximum atomic E-state index is 12.9. The lowest BCUT2D eigenvalue weighted by Crippen LogP contribution is -2.13. The van der Waals surface area contributed by atoms with E-state index in [0.29, 0.717) is 17.2 Å². The first-order valence-electron chi connectivity index (χ1n) is 7.25. The van der Waals surface area contributed by atoms with Crippen molar-refractivity contribution in [2.45, 2.75) is 25.7 Å². The second kappa shape index (κ2) is 5.90. The third kappa shape index (κ3) is 2.68. The smallest absolute Gasteiger partial charge is 0.174 e. The molecular formula is C18H17ClO2. The molecule has 1 aliphatic heterocycles. The number of fused-ring (bicyclic) bond motifs is 1. The molecule has 21 heavy (non-hydrogen) atoms. The zero-order chi connectivity index (χ0) is 14.8. The average molecular weight is 301 g/mol. The van der Waals surface area contributed by atoms with Crippen LogP contribution in [0.4, 0.5) is 0 Å². The van der Waals surface area contributed by atoms with Crippen LogP contribution in [-0.2, 0) is 6.42 Å². The summed E-state index contributed by atoms with van der Waals surface area (Å²) in [4.78, 5) is 12.9. The van der Waals surface area contributed by atoms with Crippen LogP contribution < -0.4 is 4.74 Å². The molecule has 1 aliphatic rings. The zero-order valence-corrected chi connectivity index (χ0v) is 12.7. The summed E-state index contributed by atoms with van der Waals surface area (Å²) in [5.41, 5.74) is 2.69. The first kappa shape index (κ1) is 14.2. The molecule has 0 saturated carbocycles. The van der Waals surface area contributed by atoms with Crippen LogP contribution in [0.15, 0.2) is 42.5 Å². The predicted octanol–water partition coefficient (Wildman–Crippen LogP) is 4.65. The highest BCUT2D eigenvalue weighted by Crippen LogP contribution is 2.36. The molecule has 0 N–H and O–H groups in total. The van der Waals surface area contributed by atoms with E-state index in [1.807, 2.05) is 43.3 Å². The number of ketones is 1. The van der Waals surface area contributed by atoms with Crippen LogP contribution in [0.1, 0.15) is 40.7 Å². The van der Waals surface area contributed by atoms with Gasteiger partial charge in [-0.2, -0.15) is 0 Å². The molecule has 0 fully saturated rings. The van der Waals surface area contributed by atoms with E-state index in [0.717, 1.165) is 29.7 Å². The Kier molecular flexibility index (Phi) is 3.98. The summed E-state index contributed by atoms with van der Waals surface area (Å²) >= 11 is 6.16. The lowest BCUT2D eigenvalue weighted by atomic mass is 9.87. The van der Waals surface area contributed by atoms with E-state index in [1.165, 1.54) is 0 Å². The first-order valence-corrected chi connectivity index (χ1v) is 7.63.